The lowest BCUT2D eigenvalue weighted by molar-refractivity contribution is 0.0937. The van der Waals surface area contributed by atoms with Crippen LogP contribution in [-0.2, 0) is 6.54 Å². The van der Waals surface area contributed by atoms with Crippen molar-refractivity contribution in [1.82, 2.24) is 20.8 Å². The summed E-state index contributed by atoms with van der Waals surface area (Å²) in [6.07, 6.45) is 2.01. The van der Waals surface area contributed by atoms with Crippen molar-refractivity contribution in [2.45, 2.75) is 25.4 Å². The fourth-order valence-electron chi connectivity index (χ4n) is 2.24. The molecule has 3 N–H and O–H groups in total. The van der Waals surface area contributed by atoms with Crippen molar-refractivity contribution in [2.24, 2.45) is 0 Å². The van der Waals surface area contributed by atoms with Gasteiger partial charge in [0.25, 0.3) is 11.7 Å². The van der Waals surface area contributed by atoms with Crippen molar-refractivity contribution in [3.63, 3.8) is 0 Å². The molecule has 0 spiro atoms. The average molecular weight is 288 g/mol. The zero-order valence-corrected chi connectivity index (χ0v) is 11.4. The SMILES string of the molecule is O=C(NCc1ccc(O)cc1)c1noc(C2CCCN2)n1. The number of aromatic nitrogens is 2. The number of nitrogens with one attached hydrogen (secondary N) is 2. The maximum atomic E-state index is 11.9. The van der Waals surface area contributed by atoms with Gasteiger partial charge in [0.15, 0.2) is 0 Å². The minimum absolute atomic E-state index is 0.0393. The number of hydrogen-bond acceptors (Lipinski definition) is 6. The fraction of sp³-hybridized carbons (Fsp3) is 0.357. The van der Waals surface area contributed by atoms with Crippen molar-refractivity contribution in [2.75, 3.05) is 6.54 Å². The number of carbonyl (C=O) groups is 1. The summed E-state index contributed by atoms with van der Waals surface area (Å²) >= 11 is 0. The molecule has 1 aliphatic heterocycles. The van der Waals surface area contributed by atoms with Crippen LogP contribution in [0.3, 0.4) is 0 Å². The van der Waals surface area contributed by atoms with Crippen molar-refractivity contribution in [3.8, 4) is 5.75 Å². The standard InChI is InChI=1S/C14H16N4O3/c19-10-5-3-9(4-6-10)8-16-13(20)12-17-14(21-18-12)11-2-1-7-15-11/h3-6,11,15,19H,1-2,7-8H2,(H,16,20). The van der Waals surface area contributed by atoms with Gasteiger partial charge in [-0.3, -0.25) is 4.79 Å². The van der Waals surface area contributed by atoms with Crippen LogP contribution < -0.4 is 10.6 Å². The van der Waals surface area contributed by atoms with Gasteiger partial charge in [-0.25, -0.2) is 0 Å². The van der Waals surface area contributed by atoms with E-state index in [2.05, 4.69) is 20.8 Å². The van der Waals surface area contributed by atoms with Crippen LogP contribution in [-0.4, -0.2) is 27.7 Å². The van der Waals surface area contributed by atoms with Gasteiger partial charge in [-0.2, -0.15) is 4.98 Å². The molecule has 0 bridgehead atoms. The number of phenols is 1. The highest BCUT2D eigenvalue weighted by atomic mass is 16.5. The largest absolute Gasteiger partial charge is 0.508 e. The summed E-state index contributed by atoms with van der Waals surface area (Å²) in [4.78, 5) is 16.1. The van der Waals surface area contributed by atoms with Gasteiger partial charge in [-0.05, 0) is 37.1 Å². The molecule has 1 aromatic carbocycles. The molecule has 1 aromatic heterocycles. The Morgan fingerprint density at radius 1 is 1.43 bits per heavy atom. The first-order valence-electron chi connectivity index (χ1n) is 6.85. The first kappa shape index (κ1) is 13.6. The van der Waals surface area contributed by atoms with Gasteiger partial charge >= 0.3 is 0 Å². The molecule has 0 aliphatic carbocycles. The van der Waals surface area contributed by atoms with E-state index in [-0.39, 0.29) is 23.5 Å². The molecule has 3 rings (SSSR count). The second-order valence-corrected chi connectivity index (χ2v) is 4.95. The molecule has 1 atom stereocenters. The normalized spacial score (nSPS) is 17.8. The summed E-state index contributed by atoms with van der Waals surface area (Å²) in [7, 11) is 0. The minimum atomic E-state index is -0.379. The van der Waals surface area contributed by atoms with E-state index in [1.54, 1.807) is 24.3 Å². The number of nitrogens with zero attached hydrogens (tertiary/aromatic N) is 2. The van der Waals surface area contributed by atoms with E-state index >= 15 is 0 Å². The van der Waals surface area contributed by atoms with Gasteiger partial charge in [-0.15, -0.1) is 0 Å². The zero-order valence-electron chi connectivity index (χ0n) is 11.4. The molecule has 1 saturated heterocycles. The number of benzene rings is 1. The van der Waals surface area contributed by atoms with Crippen LogP contribution in [0.2, 0.25) is 0 Å². The summed E-state index contributed by atoms with van der Waals surface area (Å²) in [6, 6.07) is 6.66. The van der Waals surface area contributed by atoms with Gasteiger partial charge in [0, 0.05) is 6.54 Å². The minimum Gasteiger partial charge on any atom is -0.508 e. The number of hydrogen-bond donors (Lipinski definition) is 3. The van der Waals surface area contributed by atoms with Gasteiger partial charge in [-0.1, -0.05) is 17.3 Å². The van der Waals surface area contributed by atoms with E-state index in [0.717, 1.165) is 24.9 Å². The van der Waals surface area contributed by atoms with Crippen LogP contribution in [0.1, 0.15) is 41.0 Å². The van der Waals surface area contributed by atoms with Crippen molar-refractivity contribution >= 4 is 5.91 Å². The molecule has 7 nitrogen and oxygen atoms in total. The predicted molar refractivity (Wildman–Crippen MR) is 73.6 cm³/mol. The van der Waals surface area contributed by atoms with Gasteiger partial charge < -0.3 is 20.3 Å². The maximum Gasteiger partial charge on any atom is 0.292 e. The molecule has 0 saturated carbocycles. The van der Waals surface area contributed by atoms with E-state index < -0.39 is 0 Å². The molecule has 1 aliphatic rings. The molecular formula is C14H16N4O3. The molecule has 1 fully saturated rings. The predicted octanol–water partition coefficient (Wildman–Crippen LogP) is 1.13. The van der Waals surface area contributed by atoms with Crippen LogP contribution in [0.4, 0.5) is 0 Å². The second-order valence-electron chi connectivity index (χ2n) is 4.95. The fourth-order valence-corrected chi connectivity index (χ4v) is 2.24. The summed E-state index contributed by atoms with van der Waals surface area (Å²) in [5.41, 5.74) is 0.877. The van der Waals surface area contributed by atoms with Crippen molar-refractivity contribution in [3.05, 3.63) is 41.5 Å². The number of amides is 1. The third-order valence-electron chi connectivity index (χ3n) is 3.39. The first-order chi connectivity index (χ1) is 10.2. The lowest BCUT2D eigenvalue weighted by atomic mass is 10.2. The maximum absolute atomic E-state index is 11.9. The summed E-state index contributed by atoms with van der Waals surface area (Å²) < 4.78 is 5.12. The van der Waals surface area contributed by atoms with E-state index in [1.165, 1.54) is 0 Å². The summed E-state index contributed by atoms with van der Waals surface area (Å²) in [5, 5.41) is 18.9. The molecule has 0 radical (unpaired) electrons. The van der Waals surface area contributed by atoms with Crippen LogP contribution >= 0.6 is 0 Å². The summed E-state index contributed by atoms with van der Waals surface area (Å²) in [5.74, 6) is 0.313. The molecule has 1 unspecified atom stereocenters. The number of rotatable bonds is 4. The lowest BCUT2D eigenvalue weighted by Crippen LogP contribution is -2.24. The Balaban J connectivity index is 1.59. The third-order valence-corrected chi connectivity index (χ3v) is 3.39. The number of phenolic OH excluding ortho intramolecular Hbond substituents is 1. The van der Waals surface area contributed by atoms with E-state index in [4.69, 9.17) is 4.52 Å². The first-order valence-corrected chi connectivity index (χ1v) is 6.85. The molecule has 2 heterocycles. The Morgan fingerprint density at radius 3 is 2.95 bits per heavy atom. The highest BCUT2D eigenvalue weighted by Crippen LogP contribution is 2.21. The van der Waals surface area contributed by atoms with Crippen molar-refractivity contribution < 1.29 is 14.4 Å². The van der Waals surface area contributed by atoms with Crippen LogP contribution in [0.5, 0.6) is 5.75 Å². The molecule has 7 heteroatoms. The van der Waals surface area contributed by atoms with E-state index in [1.807, 2.05) is 0 Å². The highest BCUT2D eigenvalue weighted by Gasteiger charge is 2.24. The smallest absolute Gasteiger partial charge is 0.292 e. The van der Waals surface area contributed by atoms with Crippen LogP contribution in [0.25, 0.3) is 0 Å². The Hall–Kier alpha value is -2.41. The molecule has 21 heavy (non-hydrogen) atoms. The van der Waals surface area contributed by atoms with Crippen molar-refractivity contribution in [1.29, 1.82) is 0 Å². The topological polar surface area (TPSA) is 100 Å². The summed E-state index contributed by atoms with van der Waals surface area (Å²) in [6.45, 7) is 1.26. The molecule has 110 valence electrons. The number of carbonyl (C=O) groups excluding carboxylic acids is 1. The third kappa shape index (κ3) is 3.19. The zero-order chi connectivity index (χ0) is 14.7. The monoisotopic (exact) mass is 288 g/mol. The van der Waals surface area contributed by atoms with Crippen LogP contribution in [0.15, 0.2) is 28.8 Å². The Kier molecular flexibility index (Phi) is 3.83. The molecular weight excluding hydrogens is 272 g/mol. The second kappa shape index (κ2) is 5.92. The van der Waals surface area contributed by atoms with Gasteiger partial charge in [0.05, 0.1) is 6.04 Å². The Morgan fingerprint density at radius 2 is 2.24 bits per heavy atom. The lowest BCUT2D eigenvalue weighted by Gasteiger charge is -2.03. The van der Waals surface area contributed by atoms with E-state index in [0.29, 0.717) is 12.4 Å². The number of aromatic hydroxyl groups is 1. The van der Waals surface area contributed by atoms with Gasteiger partial charge in [0.2, 0.25) is 5.89 Å². The van der Waals surface area contributed by atoms with Crippen LogP contribution in [0, 0.1) is 0 Å². The highest BCUT2D eigenvalue weighted by molar-refractivity contribution is 5.90. The van der Waals surface area contributed by atoms with Gasteiger partial charge in [0.1, 0.15) is 5.75 Å². The Labute approximate surface area is 121 Å². The Bertz CT molecular complexity index is 617. The molecule has 1 amide bonds. The average Bonchev–Trinajstić information content (AvgIpc) is 3.17. The van der Waals surface area contributed by atoms with E-state index in [9.17, 15) is 9.90 Å². The molecule has 2 aromatic rings. The quantitative estimate of drug-likeness (QED) is 0.779.